The van der Waals surface area contributed by atoms with Crippen LogP contribution in [0.5, 0.6) is 0 Å². The third-order valence-corrected chi connectivity index (χ3v) is 5.00. The van der Waals surface area contributed by atoms with E-state index in [9.17, 15) is 9.18 Å². The van der Waals surface area contributed by atoms with Gasteiger partial charge in [-0.05, 0) is 46.6 Å². The van der Waals surface area contributed by atoms with Crippen molar-refractivity contribution in [1.82, 2.24) is 0 Å². The van der Waals surface area contributed by atoms with E-state index in [2.05, 4.69) is 15.9 Å². The van der Waals surface area contributed by atoms with Gasteiger partial charge in [0, 0.05) is 9.35 Å². The van der Waals surface area contributed by atoms with E-state index in [0.717, 1.165) is 11.3 Å². The number of rotatable bonds is 3. The summed E-state index contributed by atoms with van der Waals surface area (Å²) in [6.07, 6.45) is 0.863. The Morgan fingerprint density at radius 3 is 2.72 bits per heavy atom. The summed E-state index contributed by atoms with van der Waals surface area (Å²) in [6.45, 7) is 2.01. The molecule has 2 rings (SSSR count). The van der Waals surface area contributed by atoms with Gasteiger partial charge in [-0.3, -0.25) is 4.79 Å². The molecule has 1 heterocycles. The molecule has 0 spiro atoms. The minimum Gasteiger partial charge on any atom is -0.288 e. The first kappa shape index (κ1) is 13.7. The molecule has 0 fully saturated rings. The zero-order valence-corrected chi connectivity index (χ0v) is 12.6. The molecule has 1 nitrogen and oxygen atoms in total. The van der Waals surface area contributed by atoms with Gasteiger partial charge < -0.3 is 0 Å². The highest BCUT2D eigenvalue weighted by Gasteiger charge is 2.19. The number of halogens is 3. The second kappa shape index (κ2) is 5.51. The molecule has 0 aliphatic carbocycles. The van der Waals surface area contributed by atoms with Crippen molar-refractivity contribution in [1.29, 1.82) is 0 Å². The maximum Gasteiger partial charge on any atom is 0.205 e. The standard InChI is InChI=1S/C13H9BrClFOS/c1-2-7-3-6-10(18-7)13(17)8-4-5-9(14)11(15)12(8)16/h3-6H,2H2,1H3. The fourth-order valence-electron chi connectivity index (χ4n) is 1.52. The molecule has 0 amide bonds. The van der Waals surface area contributed by atoms with Gasteiger partial charge in [-0.25, -0.2) is 4.39 Å². The molecule has 18 heavy (non-hydrogen) atoms. The first-order chi connectivity index (χ1) is 8.54. The van der Waals surface area contributed by atoms with Crippen LogP contribution in [0.4, 0.5) is 4.39 Å². The first-order valence-electron chi connectivity index (χ1n) is 5.31. The first-order valence-corrected chi connectivity index (χ1v) is 7.30. The van der Waals surface area contributed by atoms with Crippen molar-refractivity contribution in [3.63, 3.8) is 0 Å². The van der Waals surface area contributed by atoms with E-state index in [-0.39, 0.29) is 16.4 Å². The Balaban J connectivity index is 2.43. The van der Waals surface area contributed by atoms with E-state index in [1.54, 1.807) is 12.1 Å². The van der Waals surface area contributed by atoms with Crippen LogP contribution in [0.25, 0.3) is 0 Å². The van der Waals surface area contributed by atoms with Gasteiger partial charge in [-0.1, -0.05) is 18.5 Å². The average Bonchev–Trinajstić information content (AvgIpc) is 2.84. The van der Waals surface area contributed by atoms with Gasteiger partial charge in [-0.15, -0.1) is 11.3 Å². The fraction of sp³-hybridized carbons (Fsp3) is 0.154. The second-order valence-corrected chi connectivity index (χ2v) is 6.07. The zero-order valence-electron chi connectivity index (χ0n) is 9.47. The summed E-state index contributed by atoms with van der Waals surface area (Å²) < 4.78 is 14.4. The van der Waals surface area contributed by atoms with Crippen molar-refractivity contribution in [2.24, 2.45) is 0 Å². The monoisotopic (exact) mass is 346 g/mol. The Kier molecular flexibility index (Phi) is 4.20. The van der Waals surface area contributed by atoms with Crippen LogP contribution in [0.3, 0.4) is 0 Å². The molecule has 2 aromatic rings. The predicted octanol–water partition coefficient (Wildman–Crippen LogP) is 5.10. The molecule has 1 aromatic carbocycles. The number of benzene rings is 1. The third-order valence-electron chi connectivity index (χ3n) is 2.51. The van der Waals surface area contributed by atoms with Gasteiger partial charge in [0.1, 0.15) is 0 Å². The van der Waals surface area contributed by atoms with Gasteiger partial charge in [0.2, 0.25) is 5.78 Å². The van der Waals surface area contributed by atoms with Crippen LogP contribution in [0.15, 0.2) is 28.7 Å². The Morgan fingerprint density at radius 2 is 2.11 bits per heavy atom. The van der Waals surface area contributed by atoms with Crippen LogP contribution in [0.2, 0.25) is 5.02 Å². The number of hydrogen-bond acceptors (Lipinski definition) is 2. The van der Waals surface area contributed by atoms with E-state index < -0.39 is 5.82 Å². The lowest BCUT2D eigenvalue weighted by molar-refractivity contribution is 0.103. The lowest BCUT2D eigenvalue weighted by atomic mass is 10.1. The SMILES string of the molecule is CCc1ccc(C(=O)c2ccc(Br)c(Cl)c2F)s1. The molecular weight excluding hydrogens is 339 g/mol. The quantitative estimate of drug-likeness (QED) is 0.558. The normalized spacial score (nSPS) is 10.7. The highest BCUT2D eigenvalue weighted by atomic mass is 79.9. The van der Waals surface area contributed by atoms with Crippen molar-refractivity contribution in [2.45, 2.75) is 13.3 Å². The van der Waals surface area contributed by atoms with E-state index >= 15 is 0 Å². The van der Waals surface area contributed by atoms with Crippen molar-refractivity contribution >= 4 is 44.7 Å². The molecule has 0 radical (unpaired) electrons. The molecule has 0 N–H and O–H groups in total. The zero-order chi connectivity index (χ0) is 13.3. The molecule has 1 aromatic heterocycles. The molecule has 0 saturated heterocycles. The Morgan fingerprint density at radius 1 is 1.39 bits per heavy atom. The predicted molar refractivity (Wildman–Crippen MR) is 76.2 cm³/mol. The number of carbonyl (C=O) groups excluding carboxylic acids is 1. The maximum absolute atomic E-state index is 13.9. The number of thiophene rings is 1. The fourth-order valence-corrected chi connectivity index (χ4v) is 2.90. The third kappa shape index (κ3) is 2.51. The van der Waals surface area contributed by atoms with Crippen LogP contribution in [0, 0.1) is 5.82 Å². The molecule has 0 bridgehead atoms. The Hall–Kier alpha value is -0.710. The van der Waals surface area contributed by atoms with Gasteiger partial charge in [-0.2, -0.15) is 0 Å². The largest absolute Gasteiger partial charge is 0.288 e. The summed E-state index contributed by atoms with van der Waals surface area (Å²) in [5, 5.41) is -0.0619. The van der Waals surface area contributed by atoms with Crippen molar-refractivity contribution in [3.05, 3.63) is 54.9 Å². The van der Waals surface area contributed by atoms with Crippen LogP contribution < -0.4 is 0 Å². The summed E-state index contributed by atoms with van der Waals surface area (Å²) in [5.41, 5.74) is 0.00713. The highest BCUT2D eigenvalue weighted by molar-refractivity contribution is 9.10. The topological polar surface area (TPSA) is 17.1 Å². The van der Waals surface area contributed by atoms with Gasteiger partial charge in [0.05, 0.1) is 15.5 Å². The molecule has 0 atom stereocenters. The molecule has 0 aliphatic rings. The second-order valence-electron chi connectivity index (χ2n) is 3.67. The molecule has 5 heteroatoms. The number of aryl methyl sites for hydroxylation is 1. The number of ketones is 1. The minimum absolute atomic E-state index is 0.00713. The minimum atomic E-state index is -0.678. The van der Waals surface area contributed by atoms with Crippen molar-refractivity contribution < 1.29 is 9.18 Å². The maximum atomic E-state index is 13.9. The molecule has 0 aliphatic heterocycles. The number of carbonyl (C=O) groups is 1. The lowest BCUT2D eigenvalue weighted by Crippen LogP contribution is -2.02. The highest BCUT2D eigenvalue weighted by Crippen LogP contribution is 2.30. The summed E-state index contributed by atoms with van der Waals surface area (Å²) >= 11 is 10.3. The lowest BCUT2D eigenvalue weighted by Gasteiger charge is -2.03. The van der Waals surface area contributed by atoms with Crippen LogP contribution >= 0.6 is 38.9 Å². The van der Waals surface area contributed by atoms with Gasteiger partial charge >= 0.3 is 0 Å². The van der Waals surface area contributed by atoms with Crippen molar-refractivity contribution in [2.75, 3.05) is 0 Å². The van der Waals surface area contributed by atoms with Gasteiger partial charge in [0.15, 0.2) is 5.82 Å². The Labute approximate surface area is 122 Å². The molecule has 94 valence electrons. The summed E-state index contributed by atoms with van der Waals surface area (Å²) in [4.78, 5) is 13.8. The van der Waals surface area contributed by atoms with Crippen LogP contribution in [-0.2, 0) is 6.42 Å². The summed E-state index contributed by atoms with van der Waals surface area (Å²) in [6, 6.07) is 6.63. The van der Waals surface area contributed by atoms with Crippen molar-refractivity contribution in [3.8, 4) is 0 Å². The van der Waals surface area contributed by atoms with E-state index in [1.807, 2.05) is 13.0 Å². The molecule has 0 saturated carbocycles. The van der Waals surface area contributed by atoms with E-state index in [1.165, 1.54) is 17.4 Å². The van der Waals surface area contributed by atoms with E-state index in [4.69, 9.17) is 11.6 Å². The van der Waals surface area contributed by atoms with Gasteiger partial charge in [0.25, 0.3) is 0 Å². The summed E-state index contributed by atoms with van der Waals surface area (Å²) in [7, 11) is 0. The van der Waals surface area contributed by atoms with Crippen LogP contribution in [0.1, 0.15) is 27.0 Å². The van der Waals surface area contributed by atoms with Crippen LogP contribution in [-0.4, -0.2) is 5.78 Å². The molecular formula is C13H9BrClFOS. The molecule has 0 unspecified atom stereocenters. The van der Waals surface area contributed by atoms with E-state index in [0.29, 0.717) is 9.35 Å². The Bertz CT molecular complexity index is 609. The number of hydrogen-bond donors (Lipinski definition) is 0. The average molecular weight is 348 g/mol. The smallest absolute Gasteiger partial charge is 0.205 e. The summed E-state index contributed by atoms with van der Waals surface area (Å²) in [5.74, 6) is -1.01.